The van der Waals surface area contributed by atoms with Gasteiger partial charge in [0.1, 0.15) is 12.4 Å². The summed E-state index contributed by atoms with van der Waals surface area (Å²) in [7, 11) is 0. The van der Waals surface area contributed by atoms with Crippen molar-refractivity contribution in [2.75, 3.05) is 5.32 Å². The van der Waals surface area contributed by atoms with Gasteiger partial charge in [0.05, 0.1) is 0 Å². The summed E-state index contributed by atoms with van der Waals surface area (Å²) in [4.78, 5) is 29.2. The van der Waals surface area contributed by atoms with Crippen LogP contribution < -0.4 is 10.6 Å². The second kappa shape index (κ2) is 7.64. The first kappa shape index (κ1) is 17.9. The Morgan fingerprint density at radius 1 is 1.11 bits per heavy atom. The van der Waals surface area contributed by atoms with Crippen LogP contribution >= 0.6 is 0 Å². The van der Waals surface area contributed by atoms with Gasteiger partial charge in [-0.05, 0) is 38.0 Å². The van der Waals surface area contributed by atoms with E-state index in [0.717, 1.165) is 18.4 Å². The number of amides is 2. The van der Waals surface area contributed by atoms with E-state index in [9.17, 15) is 9.59 Å². The standard InChI is InChI=1S/C21H21N5O2/c1-14-22-20(15-6-3-2-4-7-15)26(25-14)13-19(27)23-18-9-5-8-16(12-18)21(28)24-17-10-11-17/h2-9,12,17H,10-11,13H2,1H3,(H,23,27)(H,24,28). The largest absolute Gasteiger partial charge is 0.349 e. The van der Waals surface area contributed by atoms with E-state index < -0.39 is 0 Å². The van der Waals surface area contributed by atoms with Crippen LogP contribution in [0.15, 0.2) is 54.6 Å². The van der Waals surface area contributed by atoms with Crippen LogP contribution in [0.1, 0.15) is 29.0 Å². The van der Waals surface area contributed by atoms with Crippen molar-refractivity contribution in [2.24, 2.45) is 0 Å². The lowest BCUT2D eigenvalue weighted by molar-refractivity contribution is -0.116. The van der Waals surface area contributed by atoms with E-state index in [1.54, 1.807) is 35.9 Å². The predicted octanol–water partition coefficient (Wildman–Crippen LogP) is 2.78. The van der Waals surface area contributed by atoms with Crippen LogP contribution in [0.4, 0.5) is 5.69 Å². The third-order valence-corrected chi connectivity index (χ3v) is 4.42. The fraction of sp³-hybridized carbons (Fsp3) is 0.238. The highest BCUT2D eigenvalue weighted by Gasteiger charge is 2.23. The molecule has 2 aromatic carbocycles. The number of hydrogen-bond acceptors (Lipinski definition) is 4. The van der Waals surface area contributed by atoms with Gasteiger partial charge in [0, 0.05) is 22.9 Å². The summed E-state index contributed by atoms with van der Waals surface area (Å²) in [6.07, 6.45) is 2.06. The van der Waals surface area contributed by atoms with Crippen molar-refractivity contribution < 1.29 is 9.59 Å². The lowest BCUT2D eigenvalue weighted by atomic mass is 10.2. The first-order valence-corrected chi connectivity index (χ1v) is 9.26. The fourth-order valence-corrected chi connectivity index (χ4v) is 2.94. The smallest absolute Gasteiger partial charge is 0.251 e. The van der Waals surface area contributed by atoms with Crippen LogP contribution in [0.3, 0.4) is 0 Å². The molecule has 3 aromatic rings. The van der Waals surface area contributed by atoms with Crippen molar-refractivity contribution in [2.45, 2.75) is 32.4 Å². The highest BCUT2D eigenvalue weighted by atomic mass is 16.2. The summed E-state index contributed by atoms with van der Waals surface area (Å²) in [5.74, 6) is 0.898. The maximum absolute atomic E-state index is 12.5. The van der Waals surface area contributed by atoms with E-state index in [4.69, 9.17) is 0 Å². The highest BCUT2D eigenvalue weighted by Crippen LogP contribution is 2.20. The molecule has 1 aromatic heterocycles. The first-order valence-electron chi connectivity index (χ1n) is 9.26. The second-order valence-corrected chi connectivity index (χ2v) is 6.88. The van der Waals surface area contributed by atoms with Crippen molar-refractivity contribution in [1.82, 2.24) is 20.1 Å². The molecule has 142 valence electrons. The van der Waals surface area contributed by atoms with Crippen molar-refractivity contribution in [3.63, 3.8) is 0 Å². The summed E-state index contributed by atoms with van der Waals surface area (Å²) < 4.78 is 1.59. The predicted molar refractivity (Wildman–Crippen MR) is 106 cm³/mol. The average molecular weight is 375 g/mol. The monoisotopic (exact) mass is 375 g/mol. The summed E-state index contributed by atoms with van der Waals surface area (Å²) in [5, 5.41) is 10.1. The zero-order valence-electron chi connectivity index (χ0n) is 15.6. The summed E-state index contributed by atoms with van der Waals surface area (Å²) in [6, 6.07) is 16.8. The lowest BCUT2D eigenvalue weighted by Crippen LogP contribution is -2.25. The number of nitrogens with one attached hydrogen (secondary N) is 2. The summed E-state index contributed by atoms with van der Waals surface area (Å²) in [5.41, 5.74) is 2.01. The molecule has 0 bridgehead atoms. The summed E-state index contributed by atoms with van der Waals surface area (Å²) in [6.45, 7) is 1.83. The molecule has 0 aliphatic heterocycles. The molecular formula is C21H21N5O2. The van der Waals surface area contributed by atoms with Gasteiger partial charge in [-0.3, -0.25) is 9.59 Å². The van der Waals surface area contributed by atoms with Gasteiger partial charge in [-0.25, -0.2) is 9.67 Å². The molecular weight excluding hydrogens is 354 g/mol. The van der Waals surface area contributed by atoms with Crippen LogP contribution in [0.25, 0.3) is 11.4 Å². The molecule has 0 radical (unpaired) electrons. The van der Waals surface area contributed by atoms with E-state index in [-0.39, 0.29) is 24.4 Å². The van der Waals surface area contributed by atoms with Gasteiger partial charge in [-0.1, -0.05) is 36.4 Å². The van der Waals surface area contributed by atoms with Crippen molar-refractivity contribution in [3.8, 4) is 11.4 Å². The molecule has 2 N–H and O–H groups in total. The Bertz CT molecular complexity index is 1010. The topological polar surface area (TPSA) is 88.9 Å². The molecule has 0 saturated heterocycles. The molecule has 1 saturated carbocycles. The van der Waals surface area contributed by atoms with Gasteiger partial charge in [0.2, 0.25) is 5.91 Å². The minimum Gasteiger partial charge on any atom is -0.349 e. The Morgan fingerprint density at radius 3 is 2.64 bits per heavy atom. The van der Waals surface area contributed by atoms with E-state index >= 15 is 0 Å². The number of aryl methyl sites for hydroxylation is 1. The van der Waals surface area contributed by atoms with Crippen molar-refractivity contribution in [3.05, 3.63) is 66.0 Å². The number of hydrogen-bond donors (Lipinski definition) is 2. The van der Waals surface area contributed by atoms with E-state index in [2.05, 4.69) is 20.7 Å². The number of carbonyl (C=O) groups excluding carboxylic acids is 2. The Balaban J connectivity index is 1.46. The van der Waals surface area contributed by atoms with Crippen molar-refractivity contribution in [1.29, 1.82) is 0 Å². The van der Waals surface area contributed by atoms with Crippen LogP contribution in [-0.4, -0.2) is 32.6 Å². The SMILES string of the molecule is Cc1nc(-c2ccccc2)n(CC(=O)Nc2cccc(C(=O)NC3CC3)c2)n1. The second-order valence-electron chi connectivity index (χ2n) is 6.88. The Kier molecular flexibility index (Phi) is 4.89. The molecule has 1 aliphatic carbocycles. The van der Waals surface area contributed by atoms with Gasteiger partial charge in [0.25, 0.3) is 5.91 Å². The van der Waals surface area contributed by atoms with Gasteiger partial charge in [-0.15, -0.1) is 0 Å². The van der Waals surface area contributed by atoms with E-state index in [1.807, 2.05) is 30.3 Å². The number of benzene rings is 2. The van der Waals surface area contributed by atoms with Gasteiger partial charge < -0.3 is 10.6 Å². The molecule has 2 amide bonds. The molecule has 1 heterocycles. The number of nitrogens with zero attached hydrogens (tertiary/aromatic N) is 3. The Labute approximate surface area is 162 Å². The minimum atomic E-state index is -0.234. The normalized spacial score (nSPS) is 13.2. The van der Waals surface area contributed by atoms with Gasteiger partial charge in [-0.2, -0.15) is 5.10 Å². The third kappa shape index (κ3) is 4.25. The maximum Gasteiger partial charge on any atom is 0.251 e. The van der Waals surface area contributed by atoms with Gasteiger partial charge >= 0.3 is 0 Å². The number of anilines is 1. The Hall–Kier alpha value is -3.48. The Morgan fingerprint density at radius 2 is 1.89 bits per heavy atom. The van der Waals surface area contributed by atoms with Crippen LogP contribution in [0.2, 0.25) is 0 Å². The van der Waals surface area contributed by atoms with Crippen LogP contribution in [-0.2, 0) is 11.3 Å². The molecule has 1 aliphatic rings. The lowest BCUT2D eigenvalue weighted by Gasteiger charge is -2.09. The van der Waals surface area contributed by atoms with Gasteiger partial charge in [0.15, 0.2) is 5.82 Å². The maximum atomic E-state index is 12.5. The first-order chi connectivity index (χ1) is 13.6. The fourth-order valence-electron chi connectivity index (χ4n) is 2.94. The molecule has 0 spiro atoms. The minimum absolute atomic E-state index is 0.0313. The third-order valence-electron chi connectivity index (χ3n) is 4.42. The molecule has 0 atom stereocenters. The quantitative estimate of drug-likeness (QED) is 0.693. The zero-order chi connectivity index (χ0) is 19.5. The van der Waals surface area contributed by atoms with E-state index in [0.29, 0.717) is 22.9 Å². The number of carbonyl (C=O) groups is 2. The number of rotatable bonds is 6. The molecule has 7 heteroatoms. The molecule has 28 heavy (non-hydrogen) atoms. The zero-order valence-corrected chi connectivity index (χ0v) is 15.6. The average Bonchev–Trinajstić information content (AvgIpc) is 3.43. The van der Waals surface area contributed by atoms with Crippen LogP contribution in [0.5, 0.6) is 0 Å². The van der Waals surface area contributed by atoms with E-state index in [1.165, 1.54) is 0 Å². The van der Waals surface area contributed by atoms with Crippen LogP contribution in [0, 0.1) is 6.92 Å². The number of aromatic nitrogens is 3. The molecule has 4 rings (SSSR count). The molecule has 7 nitrogen and oxygen atoms in total. The molecule has 0 unspecified atom stereocenters. The molecule has 1 fully saturated rings. The van der Waals surface area contributed by atoms with Crippen molar-refractivity contribution >= 4 is 17.5 Å². The highest BCUT2D eigenvalue weighted by molar-refractivity contribution is 5.97. The summed E-state index contributed by atoms with van der Waals surface area (Å²) >= 11 is 0.